The van der Waals surface area contributed by atoms with Crippen LogP contribution in [0, 0.1) is 6.92 Å². The maximum Gasteiger partial charge on any atom is 0.175 e. The van der Waals surface area contributed by atoms with E-state index in [9.17, 15) is 0 Å². The molecule has 0 aromatic heterocycles. The minimum absolute atomic E-state index is 0.627. The number of fused-ring (bicyclic) bond motifs is 1. The third kappa shape index (κ3) is 2.73. The minimum atomic E-state index is 0.627. The molecule has 0 radical (unpaired) electrons. The lowest BCUT2D eigenvalue weighted by Crippen LogP contribution is -2.43. The molecule has 0 spiro atoms. The van der Waals surface area contributed by atoms with Gasteiger partial charge >= 0.3 is 0 Å². The Kier molecular flexibility index (Phi) is 3.96. The van der Waals surface area contributed by atoms with E-state index in [1.165, 1.54) is 11.1 Å². The van der Waals surface area contributed by atoms with E-state index in [1.807, 2.05) is 0 Å². The minimum Gasteiger partial charge on any atom is -0.486 e. The second-order valence-corrected chi connectivity index (χ2v) is 5.83. The molecule has 0 unspecified atom stereocenters. The second kappa shape index (κ2) is 5.69. The van der Waals surface area contributed by atoms with Crippen molar-refractivity contribution in [1.82, 2.24) is 10.2 Å². The van der Waals surface area contributed by atoms with Crippen LogP contribution in [0.25, 0.3) is 0 Å². The molecular formula is C14H19BrN2O2. The highest BCUT2D eigenvalue weighted by Gasteiger charge is 2.21. The van der Waals surface area contributed by atoms with Gasteiger partial charge in [-0.3, -0.25) is 4.90 Å². The number of piperazine rings is 1. The Morgan fingerprint density at radius 1 is 1.26 bits per heavy atom. The van der Waals surface area contributed by atoms with E-state index in [1.54, 1.807) is 0 Å². The summed E-state index contributed by atoms with van der Waals surface area (Å²) >= 11 is 3.70. The number of rotatable bonds is 2. The maximum absolute atomic E-state index is 5.74. The molecule has 2 aliphatic heterocycles. The van der Waals surface area contributed by atoms with Crippen molar-refractivity contribution < 1.29 is 9.47 Å². The highest BCUT2D eigenvalue weighted by atomic mass is 79.9. The largest absolute Gasteiger partial charge is 0.486 e. The number of nitrogens with zero attached hydrogens (tertiary/aromatic N) is 1. The summed E-state index contributed by atoms with van der Waals surface area (Å²) in [7, 11) is 0. The Hall–Kier alpha value is -0.780. The van der Waals surface area contributed by atoms with Gasteiger partial charge in [-0.2, -0.15) is 0 Å². The molecule has 4 nitrogen and oxygen atoms in total. The summed E-state index contributed by atoms with van der Waals surface area (Å²) in [6, 6.07) is 2.09. The van der Waals surface area contributed by atoms with Gasteiger partial charge in [-0.25, -0.2) is 0 Å². The summed E-state index contributed by atoms with van der Waals surface area (Å²) in [5.41, 5.74) is 2.57. The molecule has 0 amide bonds. The fraction of sp³-hybridized carbons (Fsp3) is 0.571. The predicted octanol–water partition coefficient (Wildman–Crippen LogP) is 1.93. The van der Waals surface area contributed by atoms with Crippen molar-refractivity contribution in [3.05, 3.63) is 21.7 Å². The van der Waals surface area contributed by atoms with E-state index in [0.717, 1.165) is 48.7 Å². The predicted molar refractivity (Wildman–Crippen MR) is 78.0 cm³/mol. The topological polar surface area (TPSA) is 33.7 Å². The first-order valence-electron chi connectivity index (χ1n) is 6.76. The number of benzene rings is 1. The van der Waals surface area contributed by atoms with Gasteiger partial charge in [0, 0.05) is 32.7 Å². The Bertz CT molecular complexity index is 473. The molecule has 0 aliphatic carbocycles. The van der Waals surface area contributed by atoms with Crippen LogP contribution in [0.15, 0.2) is 10.5 Å². The van der Waals surface area contributed by atoms with Crippen LogP contribution in [0.3, 0.4) is 0 Å². The molecule has 1 fully saturated rings. The van der Waals surface area contributed by atoms with Gasteiger partial charge in [-0.05, 0) is 40.0 Å². The lowest BCUT2D eigenvalue weighted by Gasteiger charge is -2.29. The molecular weight excluding hydrogens is 308 g/mol. The van der Waals surface area contributed by atoms with Gasteiger partial charge in [-0.1, -0.05) is 0 Å². The maximum atomic E-state index is 5.74. The van der Waals surface area contributed by atoms with E-state index in [0.29, 0.717) is 13.2 Å². The van der Waals surface area contributed by atoms with Crippen molar-refractivity contribution >= 4 is 15.9 Å². The van der Waals surface area contributed by atoms with E-state index in [-0.39, 0.29) is 0 Å². The van der Waals surface area contributed by atoms with Crippen LogP contribution in [-0.2, 0) is 6.54 Å². The summed E-state index contributed by atoms with van der Waals surface area (Å²) in [5.74, 6) is 1.72. The molecule has 5 heteroatoms. The Morgan fingerprint density at radius 3 is 2.79 bits per heavy atom. The molecule has 1 aromatic carbocycles. The average Bonchev–Trinajstić information content (AvgIpc) is 2.45. The van der Waals surface area contributed by atoms with Crippen LogP contribution in [0.2, 0.25) is 0 Å². The number of hydrogen-bond acceptors (Lipinski definition) is 4. The number of hydrogen-bond donors (Lipinski definition) is 1. The highest BCUT2D eigenvalue weighted by molar-refractivity contribution is 9.10. The van der Waals surface area contributed by atoms with Gasteiger partial charge in [-0.15, -0.1) is 0 Å². The van der Waals surface area contributed by atoms with Crippen LogP contribution >= 0.6 is 15.9 Å². The van der Waals surface area contributed by atoms with Crippen molar-refractivity contribution in [3.63, 3.8) is 0 Å². The quantitative estimate of drug-likeness (QED) is 0.900. The van der Waals surface area contributed by atoms with Gasteiger partial charge in [0.1, 0.15) is 13.2 Å². The fourth-order valence-electron chi connectivity index (χ4n) is 2.59. The molecule has 0 saturated carbocycles. The van der Waals surface area contributed by atoms with Gasteiger partial charge in [0.25, 0.3) is 0 Å². The van der Waals surface area contributed by atoms with Crippen LogP contribution < -0.4 is 14.8 Å². The van der Waals surface area contributed by atoms with Gasteiger partial charge in [0.2, 0.25) is 0 Å². The number of halogens is 1. The zero-order chi connectivity index (χ0) is 13.2. The van der Waals surface area contributed by atoms with Crippen molar-refractivity contribution in [3.8, 4) is 11.5 Å². The molecule has 2 heterocycles. The lowest BCUT2D eigenvalue weighted by molar-refractivity contribution is 0.169. The van der Waals surface area contributed by atoms with Gasteiger partial charge in [0.05, 0.1) is 4.47 Å². The Balaban J connectivity index is 1.87. The summed E-state index contributed by atoms with van der Waals surface area (Å²) < 4.78 is 12.4. The normalized spacial score (nSPS) is 19.5. The molecule has 1 aromatic rings. The molecule has 19 heavy (non-hydrogen) atoms. The van der Waals surface area contributed by atoms with E-state index < -0.39 is 0 Å². The highest BCUT2D eigenvalue weighted by Crippen LogP contribution is 2.41. The molecule has 3 rings (SSSR count). The summed E-state index contributed by atoms with van der Waals surface area (Å²) in [4.78, 5) is 2.47. The molecule has 1 N–H and O–H groups in total. The first kappa shape index (κ1) is 13.2. The summed E-state index contributed by atoms with van der Waals surface area (Å²) in [5, 5.41) is 3.38. The molecule has 0 bridgehead atoms. The van der Waals surface area contributed by atoms with Gasteiger partial charge < -0.3 is 14.8 Å². The van der Waals surface area contributed by atoms with Crippen LogP contribution in [-0.4, -0.2) is 44.3 Å². The zero-order valence-electron chi connectivity index (χ0n) is 11.2. The monoisotopic (exact) mass is 326 g/mol. The molecule has 1 saturated heterocycles. The molecule has 2 aliphatic rings. The van der Waals surface area contributed by atoms with E-state index in [2.05, 4.69) is 39.1 Å². The Morgan fingerprint density at radius 2 is 2.00 bits per heavy atom. The number of ether oxygens (including phenoxy) is 2. The first-order valence-corrected chi connectivity index (χ1v) is 7.55. The first-order chi connectivity index (χ1) is 9.25. The number of aryl methyl sites for hydroxylation is 1. The third-order valence-electron chi connectivity index (χ3n) is 3.69. The van der Waals surface area contributed by atoms with Crippen LogP contribution in [0.1, 0.15) is 11.1 Å². The van der Waals surface area contributed by atoms with Crippen molar-refractivity contribution in [2.75, 3.05) is 39.4 Å². The third-order valence-corrected chi connectivity index (χ3v) is 4.53. The standard InChI is InChI=1S/C14H19BrN2O2/c1-10-8-12-14(19-7-6-18-12)13(15)11(10)9-17-4-2-16-3-5-17/h8,16H,2-7,9H2,1H3. The molecule has 0 atom stereocenters. The lowest BCUT2D eigenvalue weighted by atomic mass is 10.1. The molecule has 104 valence electrons. The van der Waals surface area contributed by atoms with E-state index in [4.69, 9.17) is 9.47 Å². The second-order valence-electron chi connectivity index (χ2n) is 5.04. The smallest absolute Gasteiger partial charge is 0.175 e. The van der Waals surface area contributed by atoms with Crippen LogP contribution in [0.5, 0.6) is 11.5 Å². The van der Waals surface area contributed by atoms with Crippen molar-refractivity contribution in [1.29, 1.82) is 0 Å². The summed E-state index contributed by atoms with van der Waals surface area (Å²) in [6.45, 7) is 8.70. The number of nitrogens with one attached hydrogen (secondary N) is 1. The van der Waals surface area contributed by atoms with E-state index >= 15 is 0 Å². The average molecular weight is 327 g/mol. The SMILES string of the molecule is Cc1cc2c(c(Br)c1CN1CCNCC1)OCCO2. The van der Waals surface area contributed by atoms with Crippen molar-refractivity contribution in [2.24, 2.45) is 0 Å². The summed E-state index contributed by atoms with van der Waals surface area (Å²) in [6.07, 6.45) is 0. The zero-order valence-corrected chi connectivity index (χ0v) is 12.8. The van der Waals surface area contributed by atoms with Crippen molar-refractivity contribution in [2.45, 2.75) is 13.5 Å². The fourth-order valence-corrected chi connectivity index (χ4v) is 3.34. The Labute approximate surface area is 122 Å². The van der Waals surface area contributed by atoms with Gasteiger partial charge in [0.15, 0.2) is 11.5 Å². The van der Waals surface area contributed by atoms with Crippen LogP contribution in [0.4, 0.5) is 0 Å².